The maximum absolute atomic E-state index is 12.3. The van der Waals surface area contributed by atoms with E-state index >= 15 is 0 Å². The first-order valence-corrected chi connectivity index (χ1v) is 8.61. The van der Waals surface area contributed by atoms with Gasteiger partial charge in [0.15, 0.2) is 0 Å². The van der Waals surface area contributed by atoms with Gasteiger partial charge in [0.25, 0.3) is 0 Å². The minimum absolute atomic E-state index is 0.0380. The van der Waals surface area contributed by atoms with E-state index in [4.69, 9.17) is 0 Å². The summed E-state index contributed by atoms with van der Waals surface area (Å²) in [5.41, 5.74) is 1.99. The molecule has 2 heterocycles. The highest BCUT2D eigenvalue weighted by atomic mass is 32.2. The largest absolute Gasteiger partial charge is 0.281 e. The quantitative estimate of drug-likeness (QED) is 0.882. The Balaban J connectivity index is 2.10. The number of aromatic nitrogens is 3. The molecule has 0 amide bonds. The van der Waals surface area contributed by atoms with Crippen LogP contribution < -0.4 is 4.72 Å². The fourth-order valence-electron chi connectivity index (χ4n) is 1.93. The number of H-pyrrole nitrogens is 1. The van der Waals surface area contributed by atoms with Crippen molar-refractivity contribution >= 4 is 21.4 Å². The summed E-state index contributed by atoms with van der Waals surface area (Å²) in [6.45, 7) is 7.57. The molecule has 0 saturated carbocycles. The summed E-state index contributed by atoms with van der Waals surface area (Å²) in [7, 11) is -3.54. The predicted molar refractivity (Wildman–Crippen MR) is 78.5 cm³/mol. The van der Waals surface area contributed by atoms with Gasteiger partial charge in [-0.15, -0.1) is 11.3 Å². The van der Waals surface area contributed by atoms with Crippen molar-refractivity contribution in [1.82, 2.24) is 19.9 Å². The van der Waals surface area contributed by atoms with Crippen LogP contribution in [-0.4, -0.2) is 30.1 Å². The van der Waals surface area contributed by atoms with Gasteiger partial charge in [0.1, 0.15) is 4.90 Å². The van der Waals surface area contributed by atoms with Crippen LogP contribution in [0.3, 0.4) is 0 Å². The monoisotopic (exact) mass is 314 g/mol. The maximum atomic E-state index is 12.3. The number of thiazole rings is 1. The van der Waals surface area contributed by atoms with Crippen molar-refractivity contribution in [2.24, 2.45) is 0 Å². The second kappa shape index (κ2) is 5.63. The van der Waals surface area contributed by atoms with Crippen molar-refractivity contribution in [1.29, 1.82) is 0 Å². The van der Waals surface area contributed by atoms with Crippen LogP contribution in [0.5, 0.6) is 0 Å². The molecule has 8 heteroatoms. The van der Waals surface area contributed by atoms with Gasteiger partial charge in [-0.2, -0.15) is 5.10 Å². The van der Waals surface area contributed by atoms with Crippen LogP contribution in [0.2, 0.25) is 0 Å². The molecule has 0 spiro atoms. The van der Waals surface area contributed by atoms with Crippen LogP contribution in [0, 0.1) is 20.8 Å². The minimum Gasteiger partial charge on any atom is -0.281 e. The van der Waals surface area contributed by atoms with Crippen molar-refractivity contribution in [2.75, 3.05) is 6.54 Å². The van der Waals surface area contributed by atoms with Crippen molar-refractivity contribution in [3.63, 3.8) is 0 Å². The molecule has 0 aliphatic carbocycles. The molecule has 0 aliphatic heterocycles. The summed E-state index contributed by atoms with van der Waals surface area (Å²) in [4.78, 5) is 4.61. The fraction of sp³-hybridized carbons (Fsp3) is 0.500. The molecule has 2 aromatic rings. The first-order valence-electron chi connectivity index (χ1n) is 6.24. The molecule has 0 saturated heterocycles. The normalized spacial score (nSPS) is 13.6. The number of nitrogens with zero attached hydrogens (tertiary/aromatic N) is 2. The molecule has 2 aromatic heterocycles. The van der Waals surface area contributed by atoms with Gasteiger partial charge in [-0.05, 0) is 20.8 Å². The molecule has 110 valence electrons. The zero-order valence-electron chi connectivity index (χ0n) is 11.9. The third-order valence-corrected chi connectivity index (χ3v) is 5.85. The van der Waals surface area contributed by atoms with Crippen LogP contribution in [0.1, 0.15) is 34.9 Å². The van der Waals surface area contributed by atoms with Gasteiger partial charge in [-0.1, -0.05) is 6.92 Å². The highest BCUT2D eigenvalue weighted by molar-refractivity contribution is 7.89. The lowest BCUT2D eigenvalue weighted by Gasteiger charge is -2.11. The van der Waals surface area contributed by atoms with E-state index in [1.807, 2.05) is 19.2 Å². The van der Waals surface area contributed by atoms with Crippen LogP contribution in [0.15, 0.2) is 10.3 Å². The van der Waals surface area contributed by atoms with Gasteiger partial charge in [0.2, 0.25) is 10.0 Å². The summed E-state index contributed by atoms with van der Waals surface area (Å²) in [5.74, 6) is 0.0380. The molecule has 2 rings (SSSR count). The SMILES string of the molecule is Cc1csc(C(C)CNS(=O)(=O)c2c(C)n[nH]c2C)n1. The van der Waals surface area contributed by atoms with E-state index in [0.29, 0.717) is 17.9 Å². The second-order valence-corrected chi connectivity index (χ2v) is 7.44. The molecular formula is C12H18N4O2S2. The highest BCUT2D eigenvalue weighted by Crippen LogP contribution is 2.21. The Morgan fingerprint density at radius 3 is 2.60 bits per heavy atom. The molecule has 1 atom stereocenters. The topological polar surface area (TPSA) is 87.7 Å². The zero-order chi connectivity index (χ0) is 14.9. The Labute approximate surface area is 122 Å². The average molecular weight is 314 g/mol. The average Bonchev–Trinajstić information content (AvgIpc) is 2.93. The van der Waals surface area contributed by atoms with Crippen molar-refractivity contribution in [3.8, 4) is 0 Å². The van der Waals surface area contributed by atoms with E-state index in [1.54, 1.807) is 25.2 Å². The third-order valence-electron chi connectivity index (χ3n) is 2.97. The predicted octanol–water partition coefficient (Wildman–Crippen LogP) is 1.87. The van der Waals surface area contributed by atoms with Gasteiger partial charge in [-0.25, -0.2) is 18.1 Å². The van der Waals surface area contributed by atoms with Gasteiger partial charge >= 0.3 is 0 Å². The van der Waals surface area contributed by atoms with E-state index in [9.17, 15) is 8.42 Å². The fourth-order valence-corrected chi connectivity index (χ4v) is 4.28. The molecule has 0 aromatic carbocycles. The molecule has 1 unspecified atom stereocenters. The lowest BCUT2D eigenvalue weighted by Crippen LogP contribution is -2.28. The number of rotatable bonds is 5. The Hall–Kier alpha value is -1.25. The van der Waals surface area contributed by atoms with Crippen LogP contribution in [0.4, 0.5) is 0 Å². The molecule has 2 N–H and O–H groups in total. The number of aromatic amines is 1. The Morgan fingerprint density at radius 1 is 1.40 bits per heavy atom. The van der Waals surface area contributed by atoms with Crippen LogP contribution in [0.25, 0.3) is 0 Å². The van der Waals surface area contributed by atoms with Gasteiger partial charge < -0.3 is 0 Å². The number of sulfonamides is 1. The van der Waals surface area contributed by atoms with Gasteiger partial charge in [-0.3, -0.25) is 5.10 Å². The Bertz CT molecular complexity index is 683. The van der Waals surface area contributed by atoms with E-state index in [0.717, 1.165) is 10.7 Å². The number of aryl methyl sites for hydroxylation is 3. The van der Waals surface area contributed by atoms with Gasteiger partial charge in [0.05, 0.1) is 16.4 Å². The molecule has 0 bridgehead atoms. The molecule has 0 fully saturated rings. The number of hydrogen-bond donors (Lipinski definition) is 2. The first-order chi connectivity index (χ1) is 9.31. The smallest absolute Gasteiger partial charge is 0.244 e. The summed E-state index contributed by atoms with van der Waals surface area (Å²) in [6.07, 6.45) is 0. The van der Waals surface area contributed by atoms with E-state index in [1.165, 1.54) is 0 Å². The van der Waals surface area contributed by atoms with E-state index in [-0.39, 0.29) is 10.8 Å². The summed E-state index contributed by atoms with van der Waals surface area (Å²) < 4.78 is 27.2. The molecular weight excluding hydrogens is 296 g/mol. The standard InChI is InChI=1S/C12H18N4O2S2/c1-7(12-14-8(2)6-19-12)5-13-20(17,18)11-9(3)15-16-10(11)4/h6-7,13H,5H2,1-4H3,(H,15,16). The van der Waals surface area contributed by atoms with Crippen molar-refractivity contribution in [2.45, 2.75) is 38.5 Å². The van der Waals surface area contributed by atoms with E-state index in [2.05, 4.69) is 19.9 Å². The third kappa shape index (κ3) is 3.08. The summed E-state index contributed by atoms with van der Waals surface area (Å²) in [6, 6.07) is 0. The first kappa shape index (κ1) is 15.1. The lowest BCUT2D eigenvalue weighted by molar-refractivity contribution is 0.573. The molecule has 0 radical (unpaired) electrons. The summed E-state index contributed by atoms with van der Waals surface area (Å²) >= 11 is 1.55. The van der Waals surface area contributed by atoms with Crippen molar-refractivity contribution < 1.29 is 8.42 Å². The lowest BCUT2D eigenvalue weighted by atomic mass is 10.2. The number of nitrogens with one attached hydrogen (secondary N) is 2. The zero-order valence-corrected chi connectivity index (χ0v) is 13.5. The van der Waals surface area contributed by atoms with Crippen LogP contribution >= 0.6 is 11.3 Å². The highest BCUT2D eigenvalue weighted by Gasteiger charge is 2.23. The van der Waals surface area contributed by atoms with E-state index < -0.39 is 10.0 Å². The summed E-state index contributed by atoms with van der Waals surface area (Å²) in [5, 5.41) is 9.50. The second-order valence-electron chi connectivity index (χ2n) is 4.84. The van der Waals surface area contributed by atoms with Gasteiger partial charge in [0, 0.05) is 23.5 Å². The molecule has 0 aliphatic rings. The molecule has 20 heavy (non-hydrogen) atoms. The van der Waals surface area contributed by atoms with Crippen LogP contribution in [-0.2, 0) is 10.0 Å². The number of hydrogen-bond acceptors (Lipinski definition) is 5. The van der Waals surface area contributed by atoms with Crippen molar-refractivity contribution in [3.05, 3.63) is 27.5 Å². The maximum Gasteiger partial charge on any atom is 0.244 e. The Morgan fingerprint density at radius 2 is 2.10 bits per heavy atom. The minimum atomic E-state index is -3.54. The Kier molecular flexibility index (Phi) is 4.26. The molecule has 6 nitrogen and oxygen atoms in total.